The second-order valence-electron chi connectivity index (χ2n) is 10.3. The van der Waals surface area contributed by atoms with E-state index in [0.717, 1.165) is 45.6 Å². The zero-order valence-electron chi connectivity index (χ0n) is 21.3. The van der Waals surface area contributed by atoms with Crippen molar-refractivity contribution in [2.45, 2.75) is 54.4 Å². The van der Waals surface area contributed by atoms with Crippen LogP contribution >= 0.6 is 0 Å². The number of imidazole rings is 1. The normalized spacial score (nSPS) is 12.0. The molecule has 0 aliphatic rings. The molecule has 0 bridgehead atoms. The maximum atomic E-state index is 12.8. The number of carbonyl (C=O) groups is 1. The largest absolute Gasteiger partial charge is 0.424 e. The highest BCUT2D eigenvalue weighted by atomic mass is 16.5. The zero-order chi connectivity index (χ0) is 24.9. The van der Waals surface area contributed by atoms with E-state index in [1.165, 1.54) is 11.1 Å². The Balaban J connectivity index is 1.86. The number of nitrogens with zero attached hydrogens (tertiary/aromatic N) is 4. The Kier molecular flexibility index (Phi) is 5.83. The third-order valence-corrected chi connectivity index (χ3v) is 6.38. The minimum atomic E-state index is -0.250. The molecule has 3 heterocycles. The lowest BCUT2D eigenvalue weighted by Crippen LogP contribution is -2.11. The van der Waals surface area contributed by atoms with Crippen molar-refractivity contribution in [3.63, 3.8) is 0 Å². The molecule has 5 aromatic rings. The number of esters is 1. The maximum Gasteiger partial charge on any atom is 0.311 e. The van der Waals surface area contributed by atoms with Gasteiger partial charge in [0, 0.05) is 18.5 Å². The van der Waals surface area contributed by atoms with Crippen molar-refractivity contribution in [1.29, 1.82) is 0 Å². The fourth-order valence-electron chi connectivity index (χ4n) is 4.57. The van der Waals surface area contributed by atoms with Crippen molar-refractivity contribution in [2.24, 2.45) is 11.8 Å². The maximum absolute atomic E-state index is 12.8. The van der Waals surface area contributed by atoms with Gasteiger partial charge in [-0.25, -0.2) is 9.97 Å². The van der Waals surface area contributed by atoms with Gasteiger partial charge in [0.2, 0.25) is 0 Å². The van der Waals surface area contributed by atoms with Crippen LogP contribution in [0.25, 0.3) is 33.4 Å². The summed E-state index contributed by atoms with van der Waals surface area (Å²) in [4.78, 5) is 22.9. The van der Waals surface area contributed by atoms with Crippen LogP contribution in [-0.2, 0) is 11.2 Å². The topological polar surface area (TPSA) is 61.4 Å². The first-order chi connectivity index (χ1) is 16.7. The quantitative estimate of drug-likeness (QED) is 0.264. The predicted molar refractivity (Wildman–Crippen MR) is 140 cm³/mol. The molecule has 0 amide bonds. The van der Waals surface area contributed by atoms with Crippen LogP contribution < -0.4 is 4.74 Å². The van der Waals surface area contributed by atoms with Crippen molar-refractivity contribution in [1.82, 2.24) is 18.9 Å². The van der Waals surface area contributed by atoms with Gasteiger partial charge in [0.05, 0.1) is 17.2 Å². The van der Waals surface area contributed by atoms with E-state index < -0.39 is 0 Å². The smallest absolute Gasteiger partial charge is 0.311 e. The third-order valence-electron chi connectivity index (χ3n) is 6.38. The minimum Gasteiger partial charge on any atom is -0.424 e. The number of fused-ring (bicyclic) bond motifs is 5. The average molecular weight is 469 g/mol. The molecule has 0 spiro atoms. The van der Waals surface area contributed by atoms with E-state index in [2.05, 4.69) is 56.4 Å². The number of rotatable bonds is 6. The summed E-state index contributed by atoms with van der Waals surface area (Å²) < 4.78 is 10.1. The first-order valence-electron chi connectivity index (χ1n) is 12.3. The van der Waals surface area contributed by atoms with Crippen molar-refractivity contribution in [3.8, 4) is 11.4 Å². The van der Waals surface area contributed by atoms with E-state index >= 15 is 0 Å². The lowest BCUT2D eigenvalue weighted by molar-refractivity contribution is -0.135. The monoisotopic (exact) mass is 468 g/mol. The summed E-state index contributed by atoms with van der Waals surface area (Å²) in [5.41, 5.74) is 6.81. The third kappa shape index (κ3) is 4.18. The molecule has 6 heteroatoms. The fourth-order valence-corrected chi connectivity index (χ4v) is 4.57. The minimum absolute atomic E-state index is 0.209. The average Bonchev–Trinajstić information content (AvgIpc) is 3.33. The molecule has 0 unspecified atom stereocenters. The molecule has 35 heavy (non-hydrogen) atoms. The molecule has 0 aliphatic heterocycles. The number of benzene rings is 2. The molecule has 0 saturated heterocycles. The van der Waals surface area contributed by atoms with Gasteiger partial charge in [-0.15, -0.1) is 0 Å². The summed E-state index contributed by atoms with van der Waals surface area (Å²) in [7, 11) is 0. The lowest BCUT2D eigenvalue weighted by atomic mass is 10.1. The van der Waals surface area contributed by atoms with Gasteiger partial charge in [-0.3, -0.25) is 13.8 Å². The molecule has 180 valence electrons. The van der Waals surface area contributed by atoms with Gasteiger partial charge >= 0.3 is 5.97 Å². The van der Waals surface area contributed by atoms with Gasteiger partial charge in [-0.2, -0.15) is 0 Å². The van der Waals surface area contributed by atoms with E-state index in [-0.39, 0.29) is 11.9 Å². The summed E-state index contributed by atoms with van der Waals surface area (Å²) in [5.74, 6) is 1.81. The highest BCUT2D eigenvalue weighted by Gasteiger charge is 2.23. The SMILES string of the molecule is Cc1ccc(-n2cc(OC(=O)CC(C)C)c3c2nc(CC(C)C)n2c4ccccc4nc32)cc1C. The highest BCUT2D eigenvalue weighted by molar-refractivity contribution is 6.01. The second kappa shape index (κ2) is 8.84. The van der Waals surface area contributed by atoms with Crippen LogP contribution in [0.5, 0.6) is 5.75 Å². The van der Waals surface area contributed by atoms with E-state index in [9.17, 15) is 4.79 Å². The van der Waals surface area contributed by atoms with Crippen LogP contribution in [0.3, 0.4) is 0 Å². The molecule has 6 nitrogen and oxygen atoms in total. The van der Waals surface area contributed by atoms with Crippen molar-refractivity contribution < 1.29 is 9.53 Å². The number of hydrogen-bond acceptors (Lipinski definition) is 4. The summed E-state index contributed by atoms with van der Waals surface area (Å²) >= 11 is 0. The Morgan fingerprint density at radius 3 is 2.43 bits per heavy atom. The van der Waals surface area contributed by atoms with E-state index in [4.69, 9.17) is 14.7 Å². The zero-order valence-corrected chi connectivity index (χ0v) is 21.3. The van der Waals surface area contributed by atoms with Gasteiger partial charge < -0.3 is 4.74 Å². The number of aryl methyl sites for hydroxylation is 2. The summed E-state index contributed by atoms with van der Waals surface area (Å²) in [5, 5.41) is 0.754. The Morgan fingerprint density at radius 2 is 1.71 bits per heavy atom. The Labute approximate surface area is 205 Å². The van der Waals surface area contributed by atoms with Gasteiger partial charge in [0.25, 0.3) is 0 Å². The van der Waals surface area contributed by atoms with E-state index in [1.807, 2.05) is 42.8 Å². The van der Waals surface area contributed by atoms with Gasteiger partial charge in [0.15, 0.2) is 17.0 Å². The van der Waals surface area contributed by atoms with E-state index in [0.29, 0.717) is 18.1 Å². The molecule has 0 N–H and O–H groups in total. The second-order valence-corrected chi connectivity index (χ2v) is 10.3. The van der Waals surface area contributed by atoms with Gasteiger partial charge in [0.1, 0.15) is 11.2 Å². The molecule has 0 atom stereocenters. The molecular formula is C29H32N4O2. The summed E-state index contributed by atoms with van der Waals surface area (Å²) in [6.45, 7) is 12.6. The van der Waals surface area contributed by atoms with E-state index in [1.54, 1.807) is 0 Å². The number of aromatic nitrogens is 4. The van der Waals surface area contributed by atoms with Crippen molar-refractivity contribution >= 4 is 33.7 Å². The summed E-state index contributed by atoms with van der Waals surface area (Å²) in [6, 6.07) is 14.4. The molecular weight excluding hydrogens is 436 g/mol. The molecule has 0 radical (unpaired) electrons. The Morgan fingerprint density at radius 1 is 0.943 bits per heavy atom. The Hall–Kier alpha value is -3.67. The molecule has 5 rings (SSSR count). The van der Waals surface area contributed by atoms with Crippen LogP contribution in [-0.4, -0.2) is 24.9 Å². The number of ether oxygens (including phenoxy) is 1. The van der Waals surface area contributed by atoms with Gasteiger partial charge in [-0.1, -0.05) is 45.9 Å². The molecule has 0 fully saturated rings. The molecule has 0 aliphatic carbocycles. The summed E-state index contributed by atoms with van der Waals surface area (Å²) in [6.07, 6.45) is 3.04. The predicted octanol–water partition coefficient (Wildman–Crippen LogP) is 6.59. The molecule has 2 aromatic carbocycles. The lowest BCUT2D eigenvalue weighted by Gasteiger charge is -2.12. The molecule has 0 saturated carbocycles. The van der Waals surface area contributed by atoms with Crippen LogP contribution in [0.1, 0.15) is 51.1 Å². The van der Waals surface area contributed by atoms with Crippen LogP contribution in [0, 0.1) is 25.7 Å². The molecule has 3 aromatic heterocycles. The standard InChI is InChI=1S/C29H32N4O2/c1-17(2)13-25-31-28-27(29-30-22-9-7-8-10-23(22)33(25)29)24(35-26(34)14-18(3)4)16-32(28)21-12-11-19(5)20(6)15-21/h7-12,15-18H,13-14H2,1-6H3. The fraction of sp³-hybridized carbons (Fsp3) is 0.345. The van der Waals surface area contributed by atoms with Crippen LogP contribution in [0.4, 0.5) is 0 Å². The first-order valence-corrected chi connectivity index (χ1v) is 12.3. The number of carbonyl (C=O) groups excluding carboxylic acids is 1. The first kappa shape index (κ1) is 23.1. The van der Waals surface area contributed by atoms with Crippen LogP contribution in [0.15, 0.2) is 48.7 Å². The highest BCUT2D eigenvalue weighted by Crippen LogP contribution is 2.36. The number of hydrogen-bond donors (Lipinski definition) is 0. The van der Waals surface area contributed by atoms with Crippen molar-refractivity contribution in [3.05, 3.63) is 65.6 Å². The Bertz CT molecular complexity index is 1570. The van der Waals surface area contributed by atoms with Crippen molar-refractivity contribution in [2.75, 3.05) is 0 Å². The number of para-hydroxylation sites is 2. The van der Waals surface area contributed by atoms with Crippen LogP contribution in [0.2, 0.25) is 0 Å². The van der Waals surface area contributed by atoms with Gasteiger partial charge in [-0.05, 0) is 61.1 Å².